The summed E-state index contributed by atoms with van der Waals surface area (Å²) in [5.41, 5.74) is 6.53. The number of benzene rings is 2. The summed E-state index contributed by atoms with van der Waals surface area (Å²) in [5, 5.41) is 3.10. The first-order valence-electron chi connectivity index (χ1n) is 9.60. The fraction of sp³-hybridized carbons (Fsp3) is 0.391. The maximum Gasteiger partial charge on any atom is 0.251 e. The standard InChI is InChI=1S/C23H28N2O2/c1-15-12-17(3)21(13-16(15)2)18(4)24-23(27)20-9-7-19(8-10-20)14-25-11-5-6-22(25)26/h7-10,12-13,18H,5-6,11,14H2,1-4H3,(H,24,27)/t18-/m1/s1. The lowest BCUT2D eigenvalue weighted by Gasteiger charge is -2.19. The van der Waals surface area contributed by atoms with Crippen molar-refractivity contribution in [1.29, 1.82) is 0 Å². The second kappa shape index (κ2) is 7.95. The number of hydrogen-bond acceptors (Lipinski definition) is 2. The van der Waals surface area contributed by atoms with Gasteiger partial charge in [-0.3, -0.25) is 9.59 Å². The number of carbonyl (C=O) groups excluding carboxylic acids is 2. The summed E-state index contributed by atoms with van der Waals surface area (Å²) in [6, 6.07) is 11.8. The number of aryl methyl sites for hydroxylation is 3. The van der Waals surface area contributed by atoms with E-state index < -0.39 is 0 Å². The van der Waals surface area contributed by atoms with Crippen molar-refractivity contribution in [3.05, 3.63) is 69.8 Å². The average molecular weight is 364 g/mol. The molecule has 3 rings (SSSR count). The number of hydrogen-bond donors (Lipinski definition) is 1. The van der Waals surface area contributed by atoms with Gasteiger partial charge in [-0.25, -0.2) is 0 Å². The van der Waals surface area contributed by atoms with Crippen LogP contribution >= 0.6 is 0 Å². The van der Waals surface area contributed by atoms with E-state index in [1.54, 1.807) is 0 Å². The molecule has 1 heterocycles. The molecule has 1 saturated heterocycles. The molecule has 1 aliphatic rings. The highest BCUT2D eigenvalue weighted by Gasteiger charge is 2.20. The quantitative estimate of drug-likeness (QED) is 0.863. The molecule has 1 N–H and O–H groups in total. The van der Waals surface area contributed by atoms with Crippen molar-refractivity contribution in [2.45, 2.75) is 53.1 Å². The van der Waals surface area contributed by atoms with E-state index in [1.807, 2.05) is 36.1 Å². The maximum atomic E-state index is 12.6. The van der Waals surface area contributed by atoms with E-state index in [0.29, 0.717) is 18.5 Å². The summed E-state index contributed by atoms with van der Waals surface area (Å²) in [5.74, 6) is 0.137. The van der Waals surface area contributed by atoms with Gasteiger partial charge in [0.05, 0.1) is 6.04 Å². The number of rotatable bonds is 5. The molecule has 1 atom stereocenters. The van der Waals surface area contributed by atoms with Gasteiger partial charge in [-0.1, -0.05) is 24.3 Å². The lowest BCUT2D eigenvalue weighted by molar-refractivity contribution is -0.128. The molecule has 2 aromatic rings. The number of nitrogens with zero attached hydrogens (tertiary/aromatic N) is 1. The van der Waals surface area contributed by atoms with Crippen LogP contribution in [0.15, 0.2) is 36.4 Å². The third-order valence-electron chi connectivity index (χ3n) is 5.46. The first kappa shape index (κ1) is 19.2. The maximum absolute atomic E-state index is 12.6. The molecule has 1 fully saturated rings. The summed E-state index contributed by atoms with van der Waals surface area (Å²) in [7, 11) is 0. The van der Waals surface area contributed by atoms with E-state index in [9.17, 15) is 9.59 Å². The van der Waals surface area contributed by atoms with Gasteiger partial charge in [0.2, 0.25) is 5.91 Å². The van der Waals surface area contributed by atoms with Crippen molar-refractivity contribution in [3.8, 4) is 0 Å². The largest absolute Gasteiger partial charge is 0.346 e. The van der Waals surface area contributed by atoms with Gasteiger partial charge in [-0.05, 0) is 74.1 Å². The van der Waals surface area contributed by atoms with Crippen LogP contribution in [-0.2, 0) is 11.3 Å². The normalized spacial score (nSPS) is 15.1. The summed E-state index contributed by atoms with van der Waals surface area (Å²) in [6.07, 6.45) is 1.59. The molecule has 0 spiro atoms. The fourth-order valence-corrected chi connectivity index (χ4v) is 3.66. The number of likely N-dealkylation sites (tertiary alicyclic amines) is 1. The van der Waals surface area contributed by atoms with Crippen LogP contribution in [0.3, 0.4) is 0 Å². The molecule has 4 nitrogen and oxygen atoms in total. The number of nitrogens with one attached hydrogen (secondary N) is 1. The Morgan fingerprint density at radius 1 is 1.07 bits per heavy atom. The van der Waals surface area contributed by atoms with Crippen LogP contribution in [0.1, 0.15) is 64.0 Å². The molecule has 142 valence electrons. The van der Waals surface area contributed by atoms with Crippen LogP contribution in [0.5, 0.6) is 0 Å². The van der Waals surface area contributed by atoms with Gasteiger partial charge in [0.25, 0.3) is 5.91 Å². The van der Waals surface area contributed by atoms with Gasteiger partial charge in [0.1, 0.15) is 0 Å². The summed E-state index contributed by atoms with van der Waals surface area (Å²) in [6.45, 7) is 9.75. The van der Waals surface area contributed by atoms with Gasteiger partial charge >= 0.3 is 0 Å². The number of amides is 2. The lowest BCUT2D eigenvalue weighted by atomic mass is 9.96. The van der Waals surface area contributed by atoms with E-state index in [2.05, 4.69) is 38.2 Å². The SMILES string of the molecule is Cc1cc(C)c([C@@H](C)NC(=O)c2ccc(CN3CCCC3=O)cc2)cc1C. The molecular weight excluding hydrogens is 336 g/mol. The van der Waals surface area contributed by atoms with E-state index in [0.717, 1.165) is 24.1 Å². The molecule has 0 unspecified atom stereocenters. The van der Waals surface area contributed by atoms with Crippen molar-refractivity contribution >= 4 is 11.8 Å². The fourth-order valence-electron chi connectivity index (χ4n) is 3.66. The van der Waals surface area contributed by atoms with Crippen molar-refractivity contribution in [2.75, 3.05) is 6.54 Å². The van der Waals surface area contributed by atoms with Crippen LogP contribution in [0, 0.1) is 20.8 Å². The predicted molar refractivity (Wildman–Crippen MR) is 108 cm³/mol. The zero-order valence-electron chi connectivity index (χ0n) is 16.6. The predicted octanol–water partition coefficient (Wildman–Crippen LogP) is 4.23. The molecule has 2 aromatic carbocycles. The van der Waals surface area contributed by atoms with Gasteiger partial charge in [0, 0.05) is 25.1 Å². The van der Waals surface area contributed by atoms with Crippen molar-refractivity contribution in [1.82, 2.24) is 10.2 Å². The second-order valence-electron chi connectivity index (χ2n) is 7.60. The monoisotopic (exact) mass is 364 g/mol. The smallest absolute Gasteiger partial charge is 0.251 e. The molecule has 27 heavy (non-hydrogen) atoms. The minimum absolute atomic E-state index is 0.0568. The first-order valence-corrected chi connectivity index (χ1v) is 9.60. The molecule has 0 saturated carbocycles. The summed E-state index contributed by atoms with van der Waals surface area (Å²) < 4.78 is 0. The zero-order chi connectivity index (χ0) is 19.6. The van der Waals surface area contributed by atoms with E-state index >= 15 is 0 Å². The van der Waals surface area contributed by atoms with Crippen LogP contribution in [0.4, 0.5) is 0 Å². The number of carbonyl (C=O) groups is 2. The second-order valence-corrected chi connectivity index (χ2v) is 7.60. The average Bonchev–Trinajstić information content (AvgIpc) is 3.03. The van der Waals surface area contributed by atoms with Crippen LogP contribution in [-0.4, -0.2) is 23.3 Å². The van der Waals surface area contributed by atoms with Crippen molar-refractivity contribution in [3.63, 3.8) is 0 Å². The highest BCUT2D eigenvalue weighted by molar-refractivity contribution is 5.94. The molecule has 0 radical (unpaired) electrons. The zero-order valence-corrected chi connectivity index (χ0v) is 16.6. The van der Waals surface area contributed by atoms with Gasteiger partial charge < -0.3 is 10.2 Å². The molecule has 1 aliphatic heterocycles. The Balaban J connectivity index is 1.65. The Labute approximate surface area is 161 Å². The van der Waals surface area contributed by atoms with Gasteiger partial charge in [-0.15, -0.1) is 0 Å². The topological polar surface area (TPSA) is 49.4 Å². The molecule has 0 aliphatic carbocycles. The van der Waals surface area contributed by atoms with E-state index in [-0.39, 0.29) is 17.9 Å². The molecule has 4 heteroatoms. The van der Waals surface area contributed by atoms with Crippen LogP contribution < -0.4 is 5.32 Å². The Hall–Kier alpha value is -2.62. The Morgan fingerprint density at radius 3 is 2.37 bits per heavy atom. The molecule has 2 amide bonds. The van der Waals surface area contributed by atoms with Crippen molar-refractivity contribution < 1.29 is 9.59 Å². The van der Waals surface area contributed by atoms with Gasteiger partial charge in [-0.2, -0.15) is 0 Å². The summed E-state index contributed by atoms with van der Waals surface area (Å²) in [4.78, 5) is 26.2. The minimum atomic E-state index is -0.0797. The van der Waals surface area contributed by atoms with Crippen LogP contribution in [0.25, 0.3) is 0 Å². The third kappa shape index (κ3) is 4.38. The van der Waals surface area contributed by atoms with E-state index in [1.165, 1.54) is 16.7 Å². The Kier molecular flexibility index (Phi) is 5.64. The summed E-state index contributed by atoms with van der Waals surface area (Å²) >= 11 is 0. The Bertz CT molecular complexity index is 855. The van der Waals surface area contributed by atoms with Gasteiger partial charge in [0.15, 0.2) is 0 Å². The first-order chi connectivity index (χ1) is 12.8. The third-order valence-corrected chi connectivity index (χ3v) is 5.46. The van der Waals surface area contributed by atoms with E-state index in [4.69, 9.17) is 0 Å². The Morgan fingerprint density at radius 2 is 1.74 bits per heavy atom. The molecule has 0 aromatic heterocycles. The molecule has 0 bridgehead atoms. The van der Waals surface area contributed by atoms with Crippen LogP contribution in [0.2, 0.25) is 0 Å². The highest BCUT2D eigenvalue weighted by atomic mass is 16.2. The lowest BCUT2D eigenvalue weighted by Crippen LogP contribution is -2.27. The highest BCUT2D eigenvalue weighted by Crippen LogP contribution is 2.22. The molecular formula is C23H28N2O2. The van der Waals surface area contributed by atoms with Crippen molar-refractivity contribution in [2.24, 2.45) is 0 Å². The minimum Gasteiger partial charge on any atom is -0.346 e.